The predicted molar refractivity (Wildman–Crippen MR) is 61.6 cm³/mol. The Bertz CT molecular complexity index is 320. The zero-order valence-electron chi connectivity index (χ0n) is 10.8. The molecule has 0 bridgehead atoms. The van der Waals surface area contributed by atoms with Gasteiger partial charge in [0, 0.05) is 6.42 Å². The lowest BCUT2D eigenvalue weighted by Crippen LogP contribution is -2.35. The maximum atomic E-state index is 11.3. The van der Waals surface area contributed by atoms with Crippen LogP contribution in [0.5, 0.6) is 0 Å². The van der Waals surface area contributed by atoms with E-state index in [1.54, 1.807) is 20.8 Å². The van der Waals surface area contributed by atoms with Gasteiger partial charge in [-0.1, -0.05) is 0 Å². The molecular formula is C11H19NO6. The van der Waals surface area contributed by atoms with Gasteiger partial charge in [0.1, 0.15) is 11.6 Å². The molecular weight excluding hydrogens is 242 g/mol. The molecule has 0 saturated heterocycles. The molecule has 0 fully saturated rings. The number of carboxylic acids is 1. The molecule has 0 aromatic heterocycles. The van der Waals surface area contributed by atoms with E-state index in [1.807, 2.05) is 0 Å². The van der Waals surface area contributed by atoms with Crippen LogP contribution in [-0.2, 0) is 23.9 Å². The summed E-state index contributed by atoms with van der Waals surface area (Å²) in [4.78, 5) is 32.8. The van der Waals surface area contributed by atoms with Crippen LogP contribution < -0.4 is 5.73 Å². The first kappa shape index (κ1) is 16.4. The highest BCUT2D eigenvalue weighted by Crippen LogP contribution is 2.07. The summed E-state index contributed by atoms with van der Waals surface area (Å²) in [6.07, 6.45) is -0.273. The molecule has 7 nitrogen and oxygen atoms in total. The third kappa shape index (κ3) is 8.51. The van der Waals surface area contributed by atoms with Gasteiger partial charge in [0.2, 0.25) is 0 Å². The summed E-state index contributed by atoms with van der Waals surface area (Å²) in [6, 6.07) is -1.05. The molecule has 1 atom stereocenters. The number of hydrogen-bond donors (Lipinski definition) is 2. The number of nitrogens with two attached hydrogens (primary N) is 1. The summed E-state index contributed by atoms with van der Waals surface area (Å²) in [5, 5.41) is 8.41. The standard InChI is InChI=1S/C11H19NO6/c1-11(2,3)18-9(15)6-17-10(16)7(12)4-5-8(13)14/h7H,4-6,12H2,1-3H3,(H,13,14). The van der Waals surface area contributed by atoms with Gasteiger partial charge in [-0.3, -0.25) is 9.59 Å². The monoisotopic (exact) mass is 261 g/mol. The molecule has 0 amide bonds. The van der Waals surface area contributed by atoms with Crippen molar-refractivity contribution in [2.24, 2.45) is 5.73 Å². The van der Waals surface area contributed by atoms with E-state index in [-0.39, 0.29) is 12.8 Å². The zero-order valence-corrected chi connectivity index (χ0v) is 10.8. The van der Waals surface area contributed by atoms with Crippen LogP contribution in [0, 0.1) is 0 Å². The van der Waals surface area contributed by atoms with Crippen molar-refractivity contribution in [3.05, 3.63) is 0 Å². The Morgan fingerprint density at radius 2 is 1.83 bits per heavy atom. The summed E-state index contributed by atoms with van der Waals surface area (Å²) < 4.78 is 9.53. The molecule has 1 unspecified atom stereocenters. The minimum atomic E-state index is -1.05. The molecule has 0 aromatic carbocycles. The number of carbonyl (C=O) groups excluding carboxylic acids is 2. The summed E-state index contributed by atoms with van der Waals surface area (Å²) in [5.41, 5.74) is 4.73. The van der Waals surface area contributed by atoms with E-state index in [2.05, 4.69) is 4.74 Å². The van der Waals surface area contributed by atoms with E-state index in [0.717, 1.165) is 0 Å². The topological polar surface area (TPSA) is 116 Å². The summed E-state index contributed by atoms with van der Waals surface area (Å²) in [5.74, 6) is -2.55. The lowest BCUT2D eigenvalue weighted by molar-refractivity contribution is -0.167. The summed E-state index contributed by atoms with van der Waals surface area (Å²) >= 11 is 0. The van der Waals surface area contributed by atoms with Crippen LogP contribution in [0.25, 0.3) is 0 Å². The van der Waals surface area contributed by atoms with Crippen molar-refractivity contribution in [1.82, 2.24) is 0 Å². The van der Waals surface area contributed by atoms with Crippen molar-refractivity contribution in [3.8, 4) is 0 Å². The quantitative estimate of drug-likeness (QED) is 0.649. The van der Waals surface area contributed by atoms with Crippen molar-refractivity contribution in [1.29, 1.82) is 0 Å². The van der Waals surface area contributed by atoms with Crippen molar-refractivity contribution >= 4 is 17.9 Å². The molecule has 104 valence electrons. The minimum absolute atomic E-state index is 0.0392. The molecule has 0 rings (SSSR count). The largest absolute Gasteiger partial charge is 0.481 e. The van der Waals surface area contributed by atoms with Crippen molar-refractivity contribution in [2.75, 3.05) is 6.61 Å². The van der Waals surface area contributed by atoms with Gasteiger partial charge >= 0.3 is 17.9 Å². The Morgan fingerprint density at radius 3 is 2.28 bits per heavy atom. The highest BCUT2D eigenvalue weighted by Gasteiger charge is 2.20. The van der Waals surface area contributed by atoms with Crippen LogP contribution in [0.1, 0.15) is 33.6 Å². The van der Waals surface area contributed by atoms with Gasteiger partial charge in [-0.25, -0.2) is 4.79 Å². The normalized spacial score (nSPS) is 12.7. The maximum Gasteiger partial charge on any atom is 0.344 e. The highest BCUT2D eigenvalue weighted by atomic mass is 16.6. The van der Waals surface area contributed by atoms with Crippen LogP contribution in [0.3, 0.4) is 0 Å². The number of carbonyl (C=O) groups is 3. The van der Waals surface area contributed by atoms with Gasteiger partial charge in [0.15, 0.2) is 6.61 Å². The molecule has 0 saturated carbocycles. The summed E-state index contributed by atoms with van der Waals surface area (Å²) in [7, 11) is 0. The molecule has 0 radical (unpaired) electrons. The average Bonchev–Trinajstić information content (AvgIpc) is 2.19. The first-order valence-corrected chi connectivity index (χ1v) is 5.47. The first-order chi connectivity index (χ1) is 8.11. The van der Waals surface area contributed by atoms with Gasteiger partial charge in [0.25, 0.3) is 0 Å². The summed E-state index contributed by atoms with van der Waals surface area (Å²) in [6.45, 7) is 4.53. The van der Waals surface area contributed by atoms with E-state index in [1.165, 1.54) is 0 Å². The van der Waals surface area contributed by atoms with Crippen LogP contribution in [0.4, 0.5) is 0 Å². The van der Waals surface area contributed by atoms with E-state index in [4.69, 9.17) is 15.6 Å². The van der Waals surface area contributed by atoms with Gasteiger partial charge in [-0.15, -0.1) is 0 Å². The number of hydrogen-bond acceptors (Lipinski definition) is 6. The first-order valence-electron chi connectivity index (χ1n) is 5.47. The second-order valence-corrected chi connectivity index (χ2v) is 4.73. The maximum absolute atomic E-state index is 11.3. The van der Waals surface area contributed by atoms with Gasteiger partial charge in [-0.2, -0.15) is 0 Å². The fourth-order valence-electron chi connectivity index (χ4n) is 1.00. The van der Waals surface area contributed by atoms with E-state index < -0.39 is 36.2 Å². The van der Waals surface area contributed by atoms with Crippen LogP contribution in [0.15, 0.2) is 0 Å². The van der Waals surface area contributed by atoms with Gasteiger partial charge in [0.05, 0.1) is 0 Å². The number of rotatable bonds is 6. The van der Waals surface area contributed by atoms with Crippen molar-refractivity contribution < 1.29 is 29.0 Å². The SMILES string of the molecule is CC(C)(C)OC(=O)COC(=O)C(N)CCC(=O)O. The zero-order chi connectivity index (χ0) is 14.3. The van der Waals surface area contributed by atoms with E-state index >= 15 is 0 Å². The minimum Gasteiger partial charge on any atom is -0.481 e. The number of aliphatic carboxylic acids is 1. The third-order valence-corrected chi connectivity index (χ3v) is 1.72. The van der Waals surface area contributed by atoms with E-state index in [9.17, 15) is 14.4 Å². The molecule has 0 spiro atoms. The Kier molecular flexibility index (Phi) is 6.32. The molecule has 0 heterocycles. The van der Waals surface area contributed by atoms with Crippen molar-refractivity contribution in [3.63, 3.8) is 0 Å². The predicted octanol–water partition coefficient (Wildman–Crippen LogP) is 0.0634. The molecule has 0 aromatic rings. The van der Waals surface area contributed by atoms with Crippen LogP contribution >= 0.6 is 0 Å². The Morgan fingerprint density at radius 1 is 1.28 bits per heavy atom. The van der Waals surface area contributed by atoms with Crippen LogP contribution in [0.2, 0.25) is 0 Å². The Labute approximate surface area is 105 Å². The molecule has 0 aliphatic rings. The van der Waals surface area contributed by atoms with Gasteiger partial charge in [-0.05, 0) is 27.2 Å². The fraction of sp³-hybridized carbons (Fsp3) is 0.727. The molecule has 0 aliphatic heterocycles. The molecule has 0 aliphatic carbocycles. The molecule has 3 N–H and O–H groups in total. The molecule has 18 heavy (non-hydrogen) atoms. The van der Waals surface area contributed by atoms with Gasteiger partial charge < -0.3 is 20.3 Å². The highest BCUT2D eigenvalue weighted by molar-refractivity contribution is 5.80. The number of ether oxygens (including phenoxy) is 2. The number of carboxylic acid groups (broad SMARTS) is 1. The second kappa shape index (κ2) is 6.95. The Hall–Kier alpha value is -1.63. The number of esters is 2. The molecule has 7 heteroatoms. The average molecular weight is 261 g/mol. The smallest absolute Gasteiger partial charge is 0.344 e. The lowest BCUT2D eigenvalue weighted by Gasteiger charge is -2.19. The fourth-order valence-corrected chi connectivity index (χ4v) is 1.00. The van der Waals surface area contributed by atoms with Crippen LogP contribution in [-0.4, -0.2) is 41.3 Å². The third-order valence-electron chi connectivity index (χ3n) is 1.72. The van der Waals surface area contributed by atoms with E-state index in [0.29, 0.717) is 0 Å². The second-order valence-electron chi connectivity index (χ2n) is 4.73. The Balaban J connectivity index is 3.95. The lowest BCUT2D eigenvalue weighted by atomic mass is 10.2. The van der Waals surface area contributed by atoms with Crippen molar-refractivity contribution in [2.45, 2.75) is 45.3 Å².